The average molecular weight is 337 g/mol. The van der Waals surface area contributed by atoms with Gasteiger partial charge in [-0.1, -0.05) is 35.8 Å². The first-order valence-electron chi connectivity index (χ1n) is 7.29. The van der Waals surface area contributed by atoms with Gasteiger partial charge in [-0.15, -0.1) is 0 Å². The molecular weight excluding hydrogens is 320 g/mol. The van der Waals surface area contributed by atoms with Gasteiger partial charge in [0.25, 0.3) is 0 Å². The third-order valence-electron chi connectivity index (χ3n) is 3.02. The van der Waals surface area contributed by atoms with Crippen LogP contribution in [0.3, 0.4) is 0 Å². The van der Waals surface area contributed by atoms with Crippen molar-refractivity contribution in [3.8, 4) is 11.3 Å². The summed E-state index contributed by atoms with van der Waals surface area (Å²) in [6, 6.07) is 6.77. The molecule has 0 unspecified atom stereocenters. The van der Waals surface area contributed by atoms with Gasteiger partial charge in [0.15, 0.2) is 5.56 Å². The highest BCUT2D eigenvalue weighted by Crippen LogP contribution is 2.30. The highest BCUT2D eigenvalue weighted by Gasteiger charge is 2.26. The van der Waals surface area contributed by atoms with Crippen LogP contribution in [0.1, 0.15) is 37.0 Å². The number of carbonyl (C=O) groups is 2. The van der Waals surface area contributed by atoms with Gasteiger partial charge in [0.1, 0.15) is 5.69 Å². The molecule has 1 aromatic carbocycles. The molecule has 23 heavy (non-hydrogen) atoms. The molecule has 1 amide bonds. The van der Waals surface area contributed by atoms with Crippen molar-refractivity contribution in [3.63, 3.8) is 0 Å². The van der Waals surface area contributed by atoms with Crippen molar-refractivity contribution in [1.82, 2.24) is 5.16 Å². The molecule has 1 heterocycles. The fraction of sp³-hybridized carbons (Fsp3) is 0.312. The van der Waals surface area contributed by atoms with Crippen molar-refractivity contribution in [2.75, 3.05) is 11.9 Å². The highest BCUT2D eigenvalue weighted by atomic mass is 35.5. The van der Waals surface area contributed by atoms with Crippen LogP contribution in [-0.4, -0.2) is 23.6 Å². The minimum atomic E-state index is -0.606. The van der Waals surface area contributed by atoms with Crippen LogP contribution in [0.25, 0.3) is 11.3 Å². The van der Waals surface area contributed by atoms with E-state index >= 15 is 0 Å². The van der Waals surface area contributed by atoms with Crippen molar-refractivity contribution in [2.24, 2.45) is 0 Å². The molecule has 1 N–H and O–H groups in total. The maximum atomic E-state index is 12.2. The number of aromatic nitrogens is 1. The maximum Gasteiger partial charge on any atom is 0.346 e. The lowest BCUT2D eigenvalue weighted by atomic mass is 10.1. The fourth-order valence-corrected chi connectivity index (χ4v) is 2.12. The van der Waals surface area contributed by atoms with Gasteiger partial charge in [0, 0.05) is 17.0 Å². The first-order chi connectivity index (χ1) is 11.1. The summed E-state index contributed by atoms with van der Waals surface area (Å²) in [6.45, 7) is 3.78. The lowest BCUT2D eigenvalue weighted by Gasteiger charge is -2.05. The monoisotopic (exact) mass is 336 g/mol. The molecule has 122 valence electrons. The van der Waals surface area contributed by atoms with E-state index in [1.165, 1.54) is 0 Å². The van der Waals surface area contributed by atoms with E-state index in [4.69, 9.17) is 20.9 Å². The number of amides is 1. The Hall–Kier alpha value is -2.34. The molecule has 0 spiro atoms. The Morgan fingerprint density at radius 1 is 1.26 bits per heavy atom. The van der Waals surface area contributed by atoms with E-state index in [0.717, 1.165) is 0 Å². The summed E-state index contributed by atoms with van der Waals surface area (Å²) in [6.07, 6.45) is 0.998. The zero-order valence-electron chi connectivity index (χ0n) is 12.9. The van der Waals surface area contributed by atoms with Crippen LogP contribution in [0.4, 0.5) is 5.88 Å². The van der Waals surface area contributed by atoms with Gasteiger partial charge in [0.2, 0.25) is 11.8 Å². The van der Waals surface area contributed by atoms with E-state index in [2.05, 4.69) is 10.5 Å². The summed E-state index contributed by atoms with van der Waals surface area (Å²) in [5, 5.41) is 7.02. The van der Waals surface area contributed by atoms with E-state index in [1.54, 1.807) is 31.2 Å². The van der Waals surface area contributed by atoms with Gasteiger partial charge in [-0.05, 0) is 25.5 Å². The van der Waals surface area contributed by atoms with Crippen LogP contribution in [0.15, 0.2) is 28.8 Å². The largest absolute Gasteiger partial charge is 0.462 e. The first-order valence-corrected chi connectivity index (χ1v) is 7.67. The summed E-state index contributed by atoms with van der Waals surface area (Å²) in [5.74, 6) is -0.866. The molecule has 1 aromatic heterocycles. The van der Waals surface area contributed by atoms with Crippen LogP contribution < -0.4 is 5.32 Å². The van der Waals surface area contributed by atoms with Crippen LogP contribution >= 0.6 is 11.6 Å². The standard InChI is InChI=1S/C16H17ClN2O4/c1-3-5-12(20)18-15-13(16(21)22-4-2)14(19-23-15)10-6-8-11(17)9-7-10/h6-9H,3-5H2,1-2H3,(H,18,20). The Bertz CT molecular complexity index is 695. The Kier molecular flexibility index (Phi) is 5.76. The highest BCUT2D eigenvalue weighted by molar-refractivity contribution is 6.30. The molecule has 6 nitrogen and oxygen atoms in total. The summed E-state index contributed by atoms with van der Waals surface area (Å²) >= 11 is 5.87. The van der Waals surface area contributed by atoms with Crippen molar-refractivity contribution in [1.29, 1.82) is 0 Å². The van der Waals surface area contributed by atoms with Crippen molar-refractivity contribution < 1.29 is 18.8 Å². The minimum absolute atomic E-state index is 0.00755. The maximum absolute atomic E-state index is 12.2. The molecule has 0 saturated heterocycles. The second-order valence-corrected chi connectivity index (χ2v) is 5.20. The normalized spacial score (nSPS) is 10.4. The zero-order valence-corrected chi connectivity index (χ0v) is 13.6. The molecule has 7 heteroatoms. The molecule has 0 saturated carbocycles. The van der Waals surface area contributed by atoms with Gasteiger partial charge >= 0.3 is 5.97 Å². The summed E-state index contributed by atoms with van der Waals surface area (Å²) in [5.41, 5.74) is 1.03. The quantitative estimate of drug-likeness (QED) is 0.809. The molecular formula is C16H17ClN2O4. The number of esters is 1. The third kappa shape index (κ3) is 4.10. The van der Waals surface area contributed by atoms with E-state index < -0.39 is 5.97 Å². The number of carbonyl (C=O) groups excluding carboxylic acids is 2. The van der Waals surface area contributed by atoms with Crippen LogP contribution in [0, 0.1) is 0 Å². The number of hydrogen-bond donors (Lipinski definition) is 1. The second kappa shape index (κ2) is 7.78. The number of nitrogens with one attached hydrogen (secondary N) is 1. The summed E-state index contributed by atoms with van der Waals surface area (Å²) < 4.78 is 10.2. The number of anilines is 1. The van der Waals surface area contributed by atoms with Crippen LogP contribution in [0.2, 0.25) is 5.02 Å². The molecule has 0 atom stereocenters. The van der Waals surface area contributed by atoms with Gasteiger partial charge in [-0.3, -0.25) is 10.1 Å². The lowest BCUT2D eigenvalue weighted by Crippen LogP contribution is -2.14. The zero-order chi connectivity index (χ0) is 16.8. The molecule has 0 radical (unpaired) electrons. The van der Waals surface area contributed by atoms with E-state index in [9.17, 15) is 9.59 Å². The molecule has 0 aliphatic rings. The number of nitrogens with zero attached hydrogens (tertiary/aromatic N) is 1. The van der Waals surface area contributed by atoms with E-state index in [1.807, 2.05) is 6.92 Å². The van der Waals surface area contributed by atoms with Gasteiger partial charge < -0.3 is 9.26 Å². The van der Waals surface area contributed by atoms with Crippen molar-refractivity contribution in [2.45, 2.75) is 26.7 Å². The SMILES string of the molecule is CCCC(=O)Nc1onc(-c2ccc(Cl)cc2)c1C(=O)OCC. The third-order valence-corrected chi connectivity index (χ3v) is 3.27. The minimum Gasteiger partial charge on any atom is -0.462 e. The molecule has 0 aliphatic heterocycles. The van der Waals surface area contributed by atoms with Crippen molar-refractivity contribution >= 4 is 29.4 Å². The Morgan fingerprint density at radius 3 is 2.57 bits per heavy atom. The number of hydrogen-bond acceptors (Lipinski definition) is 5. The average Bonchev–Trinajstić information content (AvgIpc) is 2.92. The molecule has 0 aliphatic carbocycles. The number of rotatable bonds is 6. The second-order valence-electron chi connectivity index (χ2n) is 4.76. The van der Waals surface area contributed by atoms with E-state index in [0.29, 0.717) is 29.1 Å². The topological polar surface area (TPSA) is 81.4 Å². The predicted octanol–water partition coefficient (Wildman–Crippen LogP) is 3.91. The number of ether oxygens (including phenoxy) is 1. The Morgan fingerprint density at radius 2 is 1.96 bits per heavy atom. The fourth-order valence-electron chi connectivity index (χ4n) is 1.99. The lowest BCUT2D eigenvalue weighted by molar-refractivity contribution is -0.116. The van der Waals surface area contributed by atoms with Gasteiger partial charge in [0.05, 0.1) is 6.61 Å². The van der Waals surface area contributed by atoms with Gasteiger partial charge in [-0.2, -0.15) is 0 Å². The number of halogens is 1. The van der Waals surface area contributed by atoms with Crippen LogP contribution in [-0.2, 0) is 9.53 Å². The van der Waals surface area contributed by atoms with E-state index in [-0.39, 0.29) is 24.0 Å². The first kappa shape index (κ1) is 17.0. The Labute approximate surface area is 138 Å². The Balaban J connectivity index is 2.42. The molecule has 2 aromatic rings. The van der Waals surface area contributed by atoms with Gasteiger partial charge in [-0.25, -0.2) is 4.79 Å². The smallest absolute Gasteiger partial charge is 0.346 e. The molecule has 2 rings (SSSR count). The molecule has 0 fully saturated rings. The molecule has 0 bridgehead atoms. The summed E-state index contributed by atoms with van der Waals surface area (Å²) in [7, 11) is 0. The van der Waals surface area contributed by atoms with Crippen molar-refractivity contribution in [3.05, 3.63) is 34.9 Å². The van der Waals surface area contributed by atoms with Crippen LogP contribution in [0.5, 0.6) is 0 Å². The number of benzene rings is 1. The predicted molar refractivity (Wildman–Crippen MR) is 86.4 cm³/mol. The summed E-state index contributed by atoms with van der Waals surface area (Å²) in [4.78, 5) is 24.0.